The lowest BCUT2D eigenvalue weighted by atomic mass is 10.1. The third-order valence-corrected chi connectivity index (χ3v) is 3.76. The Hall–Kier alpha value is -1.55. The lowest BCUT2D eigenvalue weighted by Crippen LogP contribution is -2.35. The Morgan fingerprint density at radius 3 is 2.94 bits per heavy atom. The summed E-state index contributed by atoms with van der Waals surface area (Å²) >= 11 is 3.35. The maximum absolute atomic E-state index is 12.5. The van der Waals surface area contributed by atoms with E-state index in [0.29, 0.717) is 5.69 Å². The molecule has 1 N–H and O–H groups in total. The van der Waals surface area contributed by atoms with E-state index in [2.05, 4.69) is 33.9 Å². The molecule has 1 unspecified atom stereocenters. The van der Waals surface area contributed by atoms with Gasteiger partial charge in [-0.15, -0.1) is 0 Å². The largest absolute Gasteiger partial charge is 0.356 e. The van der Waals surface area contributed by atoms with Gasteiger partial charge >= 0.3 is 0 Å². The molecular formula is C14H13BrN2O. The van der Waals surface area contributed by atoms with Gasteiger partial charge in [0.1, 0.15) is 5.69 Å². The van der Waals surface area contributed by atoms with Crippen molar-refractivity contribution in [3.63, 3.8) is 0 Å². The average molecular weight is 305 g/mol. The van der Waals surface area contributed by atoms with Crippen LogP contribution in [-0.2, 0) is 6.42 Å². The second kappa shape index (κ2) is 4.28. The molecular weight excluding hydrogens is 292 g/mol. The number of fused-ring (bicyclic) bond motifs is 1. The van der Waals surface area contributed by atoms with Crippen LogP contribution in [0.1, 0.15) is 23.0 Å². The Labute approximate surface area is 114 Å². The van der Waals surface area contributed by atoms with Crippen molar-refractivity contribution in [3.05, 3.63) is 52.3 Å². The number of hydrogen-bond acceptors (Lipinski definition) is 1. The van der Waals surface area contributed by atoms with Crippen molar-refractivity contribution in [3.8, 4) is 0 Å². The van der Waals surface area contributed by atoms with E-state index in [9.17, 15) is 4.79 Å². The zero-order chi connectivity index (χ0) is 12.7. The smallest absolute Gasteiger partial charge is 0.274 e. The number of halogens is 1. The summed E-state index contributed by atoms with van der Waals surface area (Å²) in [5, 5.41) is 0. The number of aromatic amines is 1. The first-order valence-electron chi connectivity index (χ1n) is 5.92. The molecule has 3 rings (SSSR count). The van der Waals surface area contributed by atoms with Crippen molar-refractivity contribution in [2.24, 2.45) is 0 Å². The predicted octanol–water partition coefficient (Wildman–Crippen LogP) is 3.37. The van der Waals surface area contributed by atoms with Crippen LogP contribution in [-0.4, -0.2) is 16.9 Å². The van der Waals surface area contributed by atoms with Gasteiger partial charge in [0.2, 0.25) is 0 Å². The minimum absolute atomic E-state index is 0.0261. The molecule has 0 fully saturated rings. The Morgan fingerprint density at radius 1 is 1.44 bits per heavy atom. The Kier molecular flexibility index (Phi) is 2.74. The number of nitrogens with one attached hydrogen (secondary N) is 1. The minimum atomic E-state index is 0.0261. The average Bonchev–Trinajstić information content (AvgIpc) is 2.91. The Morgan fingerprint density at radius 2 is 2.22 bits per heavy atom. The van der Waals surface area contributed by atoms with Crippen LogP contribution in [0.5, 0.6) is 0 Å². The van der Waals surface area contributed by atoms with E-state index in [1.165, 1.54) is 5.56 Å². The predicted molar refractivity (Wildman–Crippen MR) is 74.9 cm³/mol. The molecule has 3 nitrogen and oxygen atoms in total. The molecule has 0 saturated carbocycles. The van der Waals surface area contributed by atoms with Crippen LogP contribution >= 0.6 is 15.9 Å². The SMILES string of the molecule is CC1Cc2ccccc2N1C(=O)c1cc(Br)c[nH]1. The van der Waals surface area contributed by atoms with Crippen LogP contribution in [0.15, 0.2) is 41.0 Å². The molecule has 1 amide bonds. The van der Waals surface area contributed by atoms with E-state index in [4.69, 9.17) is 0 Å². The third kappa shape index (κ3) is 1.77. The first-order valence-corrected chi connectivity index (χ1v) is 6.71. The molecule has 0 bridgehead atoms. The van der Waals surface area contributed by atoms with Gasteiger partial charge in [0.05, 0.1) is 0 Å². The van der Waals surface area contributed by atoms with Crippen LogP contribution in [0.3, 0.4) is 0 Å². The van der Waals surface area contributed by atoms with Gasteiger partial charge in [-0.05, 0) is 47.0 Å². The van der Waals surface area contributed by atoms with Crippen LogP contribution < -0.4 is 4.90 Å². The monoisotopic (exact) mass is 304 g/mol. The number of hydrogen-bond donors (Lipinski definition) is 1. The van der Waals surface area contributed by atoms with Crippen molar-refractivity contribution >= 4 is 27.5 Å². The number of aromatic nitrogens is 1. The highest BCUT2D eigenvalue weighted by Gasteiger charge is 2.31. The van der Waals surface area contributed by atoms with Gasteiger partial charge in [-0.2, -0.15) is 0 Å². The standard InChI is InChI=1S/C14H13BrN2O/c1-9-6-10-4-2-3-5-13(10)17(9)14(18)12-7-11(15)8-16-12/h2-5,7-9,16H,6H2,1H3. The number of para-hydroxylation sites is 1. The highest BCUT2D eigenvalue weighted by atomic mass is 79.9. The summed E-state index contributed by atoms with van der Waals surface area (Å²) < 4.78 is 0.894. The maximum atomic E-state index is 12.5. The number of rotatable bonds is 1. The van der Waals surface area contributed by atoms with E-state index in [1.54, 1.807) is 6.20 Å². The van der Waals surface area contributed by atoms with E-state index in [1.807, 2.05) is 29.2 Å². The van der Waals surface area contributed by atoms with Crippen LogP contribution in [0.2, 0.25) is 0 Å². The molecule has 1 aromatic carbocycles. The molecule has 1 aromatic heterocycles. The first-order chi connectivity index (χ1) is 8.66. The number of carbonyl (C=O) groups excluding carboxylic acids is 1. The van der Waals surface area contributed by atoms with Crippen molar-refractivity contribution in [2.75, 3.05) is 4.90 Å². The van der Waals surface area contributed by atoms with Gasteiger partial charge in [0.15, 0.2) is 0 Å². The van der Waals surface area contributed by atoms with E-state index in [-0.39, 0.29) is 11.9 Å². The number of anilines is 1. The molecule has 0 saturated heterocycles. The summed E-state index contributed by atoms with van der Waals surface area (Å²) in [6.07, 6.45) is 2.70. The van der Waals surface area contributed by atoms with Crippen molar-refractivity contribution < 1.29 is 4.79 Å². The quantitative estimate of drug-likeness (QED) is 0.861. The number of carbonyl (C=O) groups is 1. The van der Waals surface area contributed by atoms with Crippen molar-refractivity contribution in [1.82, 2.24) is 4.98 Å². The fraction of sp³-hybridized carbons (Fsp3) is 0.214. The summed E-state index contributed by atoms with van der Waals surface area (Å²) in [5.74, 6) is 0.0261. The Balaban J connectivity index is 2.00. The summed E-state index contributed by atoms with van der Waals surface area (Å²) in [7, 11) is 0. The van der Waals surface area contributed by atoms with Crippen LogP contribution in [0.4, 0.5) is 5.69 Å². The number of amides is 1. The number of nitrogens with zero attached hydrogens (tertiary/aromatic N) is 1. The van der Waals surface area contributed by atoms with Gasteiger partial charge < -0.3 is 9.88 Å². The van der Waals surface area contributed by atoms with E-state index < -0.39 is 0 Å². The van der Waals surface area contributed by atoms with Crippen molar-refractivity contribution in [1.29, 1.82) is 0 Å². The summed E-state index contributed by atoms with van der Waals surface area (Å²) in [4.78, 5) is 17.4. The van der Waals surface area contributed by atoms with E-state index >= 15 is 0 Å². The second-order valence-electron chi connectivity index (χ2n) is 4.59. The zero-order valence-electron chi connectivity index (χ0n) is 9.98. The molecule has 0 radical (unpaired) electrons. The highest BCUT2D eigenvalue weighted by molar-refractivity contribution is 9.10. The molecule has 2 aromatic rings. The maximum Gasteiger partial charge on any atom is 0.274 e. The fourth-order valence-corrected chi connectivity index (χ4v) is 2.84. The van der Waals surface area contributed by atoms with Gasteiger partial charge in [-0.25, -0.2) is 0 Å². The summed E-state index contributed by atoms with van der Waals surface area (Å²) in [5.41, 5.74) is 2.88. The van der Waals surface area contributed by atoms with Gasteiger partial charge in [-0.1, -0.05) is 18.2 Å². The third-order valence-electron chi connectivity index (χ3n) is 3.30. The highest BCUT2D eigenvalue weighted by Crippen LogP contribution is 2.33. The van der Waals surface area contributed by atoms with Gasteiger partial charge in [0.25, 0.3) is 5.91 Å². The molecule has 92 valence electrons. The molecule has 1 aliphatic rings. The second-order valence-corrected chi connectivity index (χ2v) is 5.50. The number of benzene rings is 1. The summed E-state index contributed by atoms with van der Waals surface area (Å²) in [6.45, 7) is 2.08. The van der Waals surface area contributed by atoms with E-state index in [0.717, 1.165) is 16.6 Å². The minimum Gasteiger partial charge on any atom is -0.356 e. The molecule has 0 spiro atoms. The Bertz CT molecular complexity index is 605. The van der Waals surface area contributed by atoms with Crippen LogP contribution in [0, 0.1) is 0 Å². The lowest BCUT2D eigenvalue weighted by Gasteiger charge is -2.21. The van der Waals surface area contributed by atoms with Crippen LogP contribution in [0.25, 0.3) is 0 Å². The number of H-pyrrole nitrogens is 1. The lowest BCUT2D eigenvalue weighted by molar-refractivity contribution is 0.0977. The molecule has 4 heteroatoms. The molecule has 1 aliphatic heterocycles. The van der Waals surface area contributed by atoms with Gasteiger partial charge in [-0.3, -0.25) is 4.79 Å². The van der Waals surface area contributed by atoms with Crippen molar-refractivity contribution in [2.45, 2.75) is 19.4 Å². The summed E-state index contributed by atoms with van der Waals surface area (Å²) in [6, 6.07) is 10.1. The molecule has 1 atom stereocenters. The zero-order valence-corrected chi connectivity index (χ0v) is 11.6. The first kappa shape index (κ1) is 11.5. The molecule has 2 heterocycles. The topological polar surface area (TPSA) is 36.1 Å². The fourth-order valence-electron chi connectivity index (χ4n) is 2.50. The van der Waals surface area contributed by atoms with Gasteiger partial charge in [0, 0.05) is 22.4 Å². The normalized spacial score (nSPS) is 17.9. The molecule has 0 aliphatic carbocycles. The molecule has 18 heavy (non-hydrogen) atoms.